The highest BCUT2D eigenvalue weighted by atomic mass is 32.1. The third-order valence-corrected chi connectivity index (χ3v) is 42.2. The molecule has 2 aliphatic carbocycles. The third-order valence-electron chi connectivity index (χ3n) is 29.8. The molecule has 746 valence electrons. The van der Waals surface area contributed by atoms with Crippen LogP contribution in [0.2, 0.25) is 0 Å². The minimum absolute atomic E-state index is 0.158. The van der Waals surface area contributed by atoms with Crippen molar-refractivity contribution >= 4 is 169 Å². The van der Waals surface area contributed by atoms with Gasteiger partial charge in [-0.15, -0.1) is 113 Å². The average Bonchev–Trinajstić information content (AvgIpc) is 1.55. The molecule has 15 rings (SSSR count). The van der Waals surface area contributed by atoms with Crippen LogP contribution >= 0.6 is 113 Å². The van der Waals surface area contributed by atoms with Crippen LogP contribution in [0, 0.1) is 11.8 Å². The SMILES string of the molecule is CCCCCCCCCCCCc1cc(C=C2C(=O)c3ccccc3C2=O)sc1-c1cc(CCCCCCCCCCCC)c(-c2ccc(-c3cc4c(-c5ccc(CC(CC)CCCC)s5)c5sc(-c6ccc(-c7sc(-c8sc(C=C9C(=O)c%10ccccc%10C9=O)cc8CCCCCCCCCCCC)cc7CCCCCCCCCCCC)s6)cc5c(-c5ccc(CC(CC)CCCC)s5)c4s3)s2)s1. The van der Waals surface area contributed by atoms with Crippen LogP contribution in [0.25, 0.3) is 112 Å². The van der Waals surface area contributed by atoms with Gasteiger partial charge in [-0.3, -0.25) is 19.2 Å². The predicted molar refractivity (Wildman–Crippen MR) is 626 cm³/mol. The molecule has 0 aliphatic heterocycles. The average molecular weight is 2060 g/mol. The van der Waals surface area contributed by atoms with E-state index in [0.29, 0.717) is 34.1 Å². The normalized spacial score (nSPS) is 13.2. The van der Waals surface area contributed by atoms with Gasteiger partial charge in [0.1, 0.15) is 0 Å². The molecule has 4 nitrogen and oxygen atoms in total. The molecule has 0 N–H and O–H groups in total. The maximum Gasteiger partial charge on any atom is 0.197 e. The Hall–Kier alpha value is -6.66. The number of aryl methyl sites for hydroxylation is 4. The van der Waals surface area contributed by atoms with Crippen LogP contribution in [-0.2, 0) is 38.5 Å². The van der Waals surface area contributed by atoms with Crippen molar-refractivity contribution < 1.29 is 19.2 Å². The first-order valence-electron chi connectivity index (χ1n) is 55.5. The van der Waals surface area contributed by atoms with Crippen molar-refractivity contribution in [3.8, 4) is 79.4 Å². The maximum atomic E-state index is 14.1. The number of hydrogen-bond acceptors (Lipinski definition) is 14. The van der Waals surface area contributed by atoms with Crippen LogP contribution in [0.3, 0.4) is 0 Å². The zero-order chi connectivity index (χ0) is 97.3. The molecule has 13 aromatic rings. The van der Waals surface area contributed by atoms with Crippen molar-refractivity contribution in [3.05, 3.63) is 209 Å². The van der Waals surface area contributed by atoms with Crippen molar-refractivity contribution in [2.45, 2.75) is 402 Å². The number of fused-ring (bicyclic) bond motifs is 4. The van der Waals surface area contributed by atoms with E-state index in [9.17, 15) is 19.2 Å². The second kappa shape index (κ2) is 56.3. The van der Waals surface area contributed by atoms with E-state index in [1.807, 2.05) is 129 Å². The molecule has 0 saturated carbocycles. The number of ketones is 4. The molecule has 0 saturated heterocycles. The van der Waals surface area contributed by atoms with E-state index in [1.54, 1.807) is 22.7 Å². The second-order valence-electron chi connectivity index (χ2n) is 40.7. The molecular formula is C126H158O4S10. The number of benzene rings is 3. The van der Waals surface area contributed by atoms with Crippen LogP contribution in [0.4, 0.5) is 0 Å². The molecule has 10 aromatic heterocycles. The molecule has 14 heteroatoms. The minimum atomic E-state index is -0.158. The van der Waals surface area contributed by atoms with Gasteiger partial charge < -0.3 is 0 Å². The van der Waals surface area contributed by atoms with Gasteiger partial charge in [-0.1, -0.05) is 386 Å². The van der Waals surface area contributed by atoms with Gasteiger partial charge in [0.25, 0.3) is 0 Å². The molecule has 2 aliphatic rings. The summed E-state index contributed by atoms with van der Waals surface area (Å²) in [4.78, 5) is 80.2. The van der Waals surface area contributed by atoms with Gasteiger partial charge in [-0.25, -0.2) is 0 Å². The standard InChI is InChI=1S/C126H158O4S10/c1-9-17-23-27-31-35-39-43-47-51-61-89-79-95(83-103-117(127)97-65-55-56-66-98(97)118(103)128)133-123(89)113-81-91(63-53-49-45-41-37-33-29-25-19-11-3)121(139-113)109-75-73-105(135-109)111-85-101-115(107-71-69-93(131-107)77-87(15-7)59-21-13-5)126-102(116(125(101)137-111)108-72-70-94(132-108)78-88(16-8)60-22-14-6)86-112(138-126)106-74-76-110(136-106)122-92(64-54-50-46-42-38-34-30-26-20-12-4)82-114(140-122)124-90(62-52-48-44-40-36-32-28-24-18-10-2)80-96(134-124)84-104-119(129)99-67-57-58-68-100(99)120(104)130/h55-58,65-76,79-88H,9-54,59-64,77-78H2,1-8H3. The van der Waals surface area contributed by atoms with Crippen LogP contribution in [0.5, 0.6) is 0 Å². The Labute approximate surface area is 881 Å². The van der Waals surface area contributed by atoms with E-state index in [0.717, 1.165) is 74.0 Å². The summed E-state index contributed by atoms with van der Waals surface area (Å²) in [6.07, 6.45) is 71.8. The Kier molecular flexibility index (Phi) is 43.3. The maximum absolute atomic E-state index is 14.1. The minimum Gasteiger partial charge on any atom is -0.288 e. The number of Topliss-reactive ketones (excluding diaryl/α,β-unsaturated/α-hetero) is 4. The van der Waals surface area contributed by atoms with Crippen molar-refractivity contribution in [1.82, 2.24) is 0 Å². The first-order chi connectivity index (χ1) is 68.8. The van der Waals surface area contributed by atoms with Gasteiger partial charge in [-0.05, 0) is 195 Å². The van der Waals surface area contributed by atoms with Gasteiger partial charge in [0.15, 0.2) is 23.1 Å². The first-order valence-corrected chi connectivity index (χ1v) is 63.7. The van der Waals surface area contributed by atoms with Gasteiger partial charge in [-0.2, -0.15) is 0 Å². The largest absolute Gasteiger partial charge is 0.288 e. The monoisotopic (exact) mass is 2050 g/mol. The fourth-order valence-corrected chi connectivity index (χ4v) is 33.8. The first kappa shape index (κ1) is 108. The topological polar surface area (TPSA) is 68.3 Å². The third kappa shape index (κ3) is 28.6. The highest BCUT2D eigenvalue weighted by Crippen LogP contribution is 2.58. The van der Waals surface area contributed by atoms with Crippen molar-refractivity contribution in [2.75, 3.05) is 0 Å². The summed E-state index contributed by atoms with van der Waals surface area (Å²) in [5, 5.41) is 2.74. The summed E-state index contributed by atoms with van der Waals surface area (Å²) in [7, 11) is 0. The van der Waals surface area contributed by atoms with E-state index in [-0.39, 0.29) is 34.3 Å². The molecule has 140 heavy (non-hydrogen) atoms. The lowest BCUT2D eigenvalue weighted by molar-refractivity contribution is 0.0975. The zero-order valence-electron chi connectivity index (χ0n) is 85.9. The molecule has 0 amide bonds. The summed E-state index contributed by atoms with van der Waals surface area (Å²) in [5.74, 6) is 0.684. The van der Waals surface area contributed by atoms with Gasteiger partial charge in [0.05, 0.1) is 11.1 Å². The van der Waals surface area contributed by atoms with E-state index in [4.69, 9.17) is 0 Å². The quantitative estimate of drug-likeness (QED) is 0.0216. The number of carbonyl (C=O) groups excluding carboxylic acids is 4. The Balaban J connectivity index is 0.820. The van der Waals surface area contributed by atoms with Crippen LogP contribution < -0.4 is 0 Å². The lowest BCUT2D eigenvalue weighted by atomic mass is 9.95. The zero-order valence-corrected chi connectivity index (χ0v) is 94.1. The number of rotatable bonds is 66. The summed E-state index contributed by atoms with van der Waals surface area (Å²) in [6.45, 7) is 18.7. The summed E-state index contributed by atoms with van der Waals surface area (Å²) < 4.78 is 2.78. The lowest BCUT2D eigenvalue weighted by Gasteiger charge is -2.13. The molecule has 2 atom stereocenters. The predicted octanol–water partition coefficient (Wildman–Crippen LogP) is 44.2. The molecular weight excluding hydrogens is 1900 g/mol. The molecule has 10 heterocycles. The highest BCUT2D eigenvalue weighted by molar-refractivity contribution is 7.32. The van der Waals surface area contributed by atoms with E-state index in [1.165, 1.54) is 414 Å². The van der Waals surface area contributed by atoms with Gasteiger partial charge in [0.2, 0.25) is 0 Å². The van der Waals surface area contributed by atoms with E-state index < -0.39 is 0 Å². The Morgan fingerprint density at radius 3 is 0.807 bits per heavy atom. The molecule has 0 fully saturated rings. The molecule has 3 aromatic carbocycles. The summed E-state index contributed by atoms with van der Waals surface area (Å²) in [6, 6.07) is 49.7. The fraction of sp³-hybridized carbons (Fsp3) is 0.508. The van der Waals surface area contributed by atoms with Crippen molar-refractivity contribution in [3.63, 3.8) is 0 Å². The van der Waals surface area contributed by atoms with Gasteiger partial charge in [0, 0.05) is 141 Å². The fourth-order valence-electron chi connectivity index (χ4n) is 21.4. The smallest absolute Gasteiger partial charge is 0.197 e. The highest BCUT2D eigenvalue weighted by Gasteiger charge is 2.36. The van der Waals surface area contributed by atoms with E-state index in [2.05, 4.69) is 163 Å². The Morgan fingerprint density at radius 1 is 0.236 bits per heavy atom. The summed E-state index contributed by atoms with van der Waals surface area (Å²) in [5.41, 5.74) is 11.0. The van der Waals surface area contributed by atoms with E-state index >= 15 is 0 Å². The van der Waals surface area contributed by atoms with Crippen LogP contribution in [0.15, 0.2) is 145 Å². The number of allylic oxidation sites excluding steroid dienone is 2. The second-order valence-corrected chi connectivity index (χ2v) is 51.6. The molecule has 0 spiro atoms. The molecule has 0 bridgehead atoms. The number of carbonyl (C=O) groups is 4. The number of unbranched alkanes of at least 4 members (excludes halogenated alkanes) is 38. The molecule has 0 radical (unpaired) electrons. The van der Waals surface area contributed by atoms with Crippen LogP contribution in [0.1, 0.15) is 447 Å². The number of thiophene rings is 10. The van der Waals surface area contributed by atoms with Crippen molar-refractivity contribution in [1.29, 1.82) is 0 Å². The van der Waals surface area contributed by atoms with Crippen molar-refractivity contribution in [2.24, 2.45) is 11.8 Å². The van der Waals surface area contributed by atoms with Crippen LogP contribution in [-0.4, -0.2) is 23.1 Å². The molecule has 2 unspecified atom stereocenters. The van der Waals surface area contributed by atoms with Gasteiger partial charge >= 0.3 is 0 Å². The Bertz CT molecular complexity index is 5680. The summed E-state index contributed by atoms with van der Waals surface area (Å²) >= 11 is 19.7. The number of hydrogen-bond donors (Lipinski definition) is 0. The Morgan fingerprint density at radius 2 is 0.507 bits per heavy atom. The lowest BCUT2D eigenvalue weighted by Crippen LogP contribution is -2.01.